The van der Waals surface area contributed by atoms with Gasteiger partial charge in [-0.2, -0.15) is 0 Å². The Morgan fingerprint density at radius 3 is 2.73 bits per heavy atom. The molecule has 0 saturated carbocycles. The van der Waals surface area contributed by atoms with E-state index in [1.165, 1.54) is 13.8 Å². The zero-order valence-electron chi connectivity index (χ0n) is 8.84. The van der Waals surface area contributed by atoms with E-state index in [0.29, 0.717) is 23.6 Å². The monoisotopic (exact) mass is 211 g/mol. The summed E-state index contributed by atoms with van der Waals surface area (Å²) in [5, 5.41) is 0. The summed E-state index contributed by atoms with van der Waals surface area (Å²) in [5.41, 5.74) is 5.52. The number of hydrogen-bond acceptors (Lipinski definition) is 3. The smallest absolute Gasteiger partial charge is 0.231 e. The standard InChI is InChI=1S/C11H14FNO2/c1-11(2,12)8-3-7(5-13)10-9(4-8)14-6-15-10/h3-4H,5-6,13H2,1-2H3. The maximum Gasteiger partial charge on any atom is 0.231 e. The number of nitrogens with two attached hydrogens (primary N) is 1. The molecule has 3 nitrogen and oxygen atoms in total. The molecule has 0 amide bonds. The summed E-state index contributed by atoms with van der Waals surface area (Å²) in [6, 6.07) is 3.40. The van der Waals surface area contributed by atoms with Crippen LogP contribution in [-0.2, 0) is 12.2 Å². The number of rotatable bonds is 2. The van der Waals surface area contributed by atoms with Crippen LogP contribution in [0.4, 0.5) is 4.39 Å². The van der Waals surface area contributed by atoms with E-state index < -0.39 is 5.67 Å². The summed E-state index contributed by atoms with van der Waals surface area (Å²) in [4.78, 5) is 0. The van der Waals surface area contributed by atoms with Gasteiger partial charge in [-0.15, -0.1) is 0 Å². The van der Waals surface area contributed by atoms with E-state index in [4.69, 9.17) is 15.2 Å². The van der Waals surface area contributed by atoms with Gasteiger partial charge in [-0.05, 0) is 31.5 Å². The van der Waals surface area contributed by atoms with Gasteiger partial charge in [-0.3, -0.25) is 0 Å². The maximum absolute atomic E-state index is 13.8. The highest BCUT2D eigenvalue weighted by Gasteiger charge is 2.25. The molecule has 15 heavy (non-hydrogen) atoms. The highest BCUT2D eigenvalue weighted by molar-refractivity contribution is 5.51. The molecule has 0 fully saturated rings. The van der Waals surface area contributed by atoms with Crippen LogP contribution in [0.3, 0.4) is 0 Å². The average Bonchev–Trinajstić information content (AvgIpc) is 2.62. The molecule has 1 aromatic rings. The van der Waals surface area contributed by atoms with Gasteiger partial charge in [0, 0.05) is 12.1 Å². The second-order valence-electron chi connectivity index (χ2n) is 4.05. The van der Waals surface area contributed by atoms with Crippen LogP contribution in [-0.4, -0.2) is 6.79 Å². The third-order valence-corrected chi connectivity index (χ3v) is 2.46. The predicted molar refractivity (Wildman–Crippen MR) is 54.6 cm³/mol. The molecular formula is C11H14FNO2. The molecule has 0 atom stereocenters. The van der Waals surface area contributed by atoms with Gasteiger partial charge < -0.3 is 15.2 Å². The molecule has 1 aliphatic rings. The molecule has 0 unspecified atom stereocenters. The Labute approximate surface area is 88.0 Å². The van der Waals surface area contributed by atoms with E-state index in [2.05, 4.69) is 0 Å². The van der Waals surface area contributed by atoms with E-state index in [0.717, 1.165) is 5.56 Å². The number of alkyl halides is 1. The molecule has 1 heterocycles. The van der Waals surface area contributed by atoms with Gasteiger partial charge in [0.25, 0.3) is 0 Å². The van der Waals surface area contributed by atoms with Crippen molar-refractivity contribution < 1.29 is 13.9 Å². The lowest BCUT2D eigenvalue weighted by Gasteiger charge is -2.16. The Kier molecular flexibility index (Phi) is 2.31. The van der Waals surface area contributed by atoms with Gasteiger partial charge in [-0.1, -0.05) is 0 Å². The summed E-state index contributed by atoms with van der Waals surface area (Å²) in [6.45, 7) is 3.50. The molecule has 1 aromatic carbocycles. The summed E-state index contributed by atoms with van der Waals surface area (Å²) in [7, 11) is 0. The van der Waals surface area contributed by atoms with Crippen molar-refractivity contribution >= 4 is 0 Å². The lowest BCUT2D eigenvalue weighted by Crippen LogP contribution is -2.10. The SMILES string of the molecule is CC(C)(F)c1cc(CN)c2c(c1)OCO2. The molecule has 2 N–H and O–H groups in total. The van der Waals surface area contributed by atoms with Crippen LogP contribution < -0.4 is 15.2 Å². The molecule has 4 heteroatoms. The van der Waals surface area contributed by atoms with Gasteiger partial charge in [0.15, 0.2) is 11.5 Å². The fourth-order valence-corrected chi connectivity index (χ4v) is 1.58. The first-order chi connectivity index (χ1) is 7.02. The summed E-state index contributed by atoms with van der Waals surface area (Å²) in [6.07, 6.45) is 0. The fraction of sp³-hybridized carbons (Fsp3) is 0.455. The van der Waals surface area contributed by atoms with Gasteiger partial charge in [0.05, 0.1) is 0 Å². The van der Waals surface area contributed by atoms with Crippen LogP contribution in [0.1, 0.15) is 25.0 Å². The van der Waals surface area contributed by atoms with Gasteiger partial charge in [0.1, 0.15) is 5.67 Å². The van der Waals surface area contributed by atoms with E-state index in [1.807, 2.05) is 0 Å². The Morgan fingerprint density at radius 1 is 1.40 bits per heavy atom. The summed E-state index contributed by atoms with van der Waals surface area (Å²) >= 11 is 0. The molecule has 2 rings (SSSR count). The van der Waals surface area contributed by atoms with Crippen molar-refractivity contribution in [2.24, 2.45) is 5.73 Å². The topological polar surface area (TPSA) is 44.5 Å². The van der Waals surface area contributed by atoms with Crippen molar-refractivity contribution in [2.75, 3.05) is 6.79 Å². The maximum atomic E-state index is 13.8. The Hall–Kier alpha value is -1.29. The molecule has 0 bridgehead atoms. The normalized spacial score (nSPS) is 14.4. The number of ether oxygens (including phenoxy) is 2. The van der Waals surface area contributed by atoms with Crippen molar-refractivity contribution in [1.82, 2.24) is 0 Å². The number of halogens is 1. The minimum Gasteiger partial charge on any atom is -0.454 e. The molecule has 0 radical (unpaired) electrons. The first-order valence-electron chi connectivity index (χ1n) is 4.84. The molecule has 0 spiro atoms. The first kappa shape index (κ1) is 10.2. The van der Waals surface area contributed by atoms with E-state index >= 15 is 0 Å². The fourth-order valence-electron chi connectivity index (χ4n) is 1.58. The average molecular weight is 211 g/mol. The van der Waals surface area contributed by atoms with Gasteiger partial charge in [-0.25, -0.2) is 4.39 Å². The van der Waals surface area contributed by atoms with E-state index in [1.54, 1.807) is 12.1 Å². The van der Waals surface area contributed by atoms with Crippen molar-refractivity contribution in [3.8, 4) is 11.5 Å². The number of benzene rings is 1. The van der Waals surface area contributed by atoms with E-state index in [9.17, 15) is 4.39 Å². The number of fused-ring (bicyclic) bond motifs is 1. The summed E-state index contributed by atoms with van der Waals surface area (Å²) < 4.78 is 24.3. The molecular weight excluding hydrogens is 197 g/mol. The number of hydrogen-bond donors (Lipinski definition) is 1. The Balaban J connectivity index is 2.53. The lowest BCUT2D eigenvalue weighted by atomic mass is 9.97. The second kappa shape index (κ2) is 3.38. The molecule has 1 aliphatic heterocycles. The predicted octanol–water partition coefficient (Wildman–Crippen LogP) is 2.08. The molecule has 0 aromatic heterocycles. The Morgan fingerprint density at radius 2 is 2.13 bits per heavy atom. The van der Waals surface area contributed by atoms with Crippen LogP contribution in [0.2, 0.25) is 0 Å². The summed E-state index contributed by atoms with van der Waals surface area (Å²) in [5.74, 6) is 1.23. The van der Waals surface area contributed by atoms with E-state index in [-0.39, 0.29) is 6.79 Å². The molecule has 0 saturated heterocycles. The lowest BCUT2D eigenvalue weighted by molar-refractivity contribution is 0.173. The highest BCUT2D eigenvalue weighted by Crippen LogP contribution is 2.40. The van der Waals surface area contributed by atoms with Gasteiger partial charge in [0.2, 0.25) is 6.79 Å². The quantitative estimate of drug-likeness (QED) is 0.814. The van der Waals surface area contributed by atoms with Crippen molar-refractivity contribution in [3.63, 3.8) is 0 Å². The third kappa shape index (κ3) is 1.77. The minimum absolute atomic E-state index is 0.179. The van der Waals surface area contributed by atoms with Crippen molar-refractivity contribution in [2.45, 2.75) is 26.1 Å². The van der Waals surface area contributed by atoms with Crippen molar-refractivity contribution in [1.29, 1.82) is 0 Å². The second-order valence-corrected chi connectivity index (χ2v) is 4.05. The third-order valence-electron chi connectivity index (χ3n) is 2.46. The van der Waals surface area contributed by atoms with Crippen LogP contribution >= 0.6 is 0 Å². The highest BCUT2D eigenvalue weighted by atomic mass is 19.1. The Bertz CT molecular complexity index is 385. The molecule has 0 aliphatic carbocycles. The largest absolute Gasteiger partial charge is 0.454 e. The zero-order chi connectivity index (χ0) is 11.1. The molecule has 82 valence electrons. The zero-order valence-corrected chi connectivity index (χ0v) is 8.84. The first-order valence-corrected chi connectivity index (χ1v) is 4.84. The van der Waals surface area contributed by atoms with Crippen LogP contribution in [0.25, 0.3) is 0 Å². The van der Waals surface area contributed by atoms with Crippen molar-refractivity contribution in [3.05, 3.63) is 23.3 Å². The minimum atomic E-state index is -1.40. The van der Waals surface area contributed by atoms with Crippen LogP contribution in [0, 0.1) is 0 Å². The van der Waals surface area contributed by atoms with Crippen LogP contribution in [0.15, 0.2) is 12.1 Å². The van der Waals surface area contributed by atoms with Crippen LogP contribution in [0.5, 0.6) is 11.5 Å². The van der Waals surface area contributed by atoms with Gasteiger partial charge >= 0.3 is 0 Å².